The zero-order valence-electron chi connectivity index (χ0n) is 9.21. The topological polar surface area (TPSA) is 62.4 Å². The smallest absolute Gasteiger partial charge is 0.265 e. The van der Waals surface area contributed by atoms with Gasteiger partial charge in [-0.2, -0.15) is 4.98 Å². The molecule has 2 rings (SSSR count). The highest BCUT2D eigenvalue weighted by molar-refractivity contribution is 5.29. The van der Waals surface area contributed by atoms with Crippen molar-refractivity contribution in [2.75, 3.05) is 19.0 Å². The molecule has 0 saturated heterocycles. The van der Waals surface area contributed by atoms with E-state index in [4.69, 9.17) is 9.63 Å². The number of phenolic OH excluding ortho intramolecular Hbond substituents is 1. The molecule has 0 spiro atoms. The van der Waals surface area contributed by atoms with Gasteiger partial charge in [0.1, 0.15) is 5.75 Å². The van der Waals surface area contributed by atoms with Crippen molar-refractivity contribution in [1.82, 2.24) is 10.1 Å². The predicted molar refractivity (Wildman–Crippen MR) is 59.5 cm³/mol. The normalized spacial score (nSPS) is 10.4. The molecule has 0 fully saturated rings. The fourth-order valence-corrected chi connectivity index (χ4v) is 1.29. The Hall–Kier alpha value is -2.04. The minimum Gasteiger partial charge on any atom is -0.508 e. The SMILES string of the molecule is CN(C)c1noc(Cc2ccc(O)cc2)n1. The lowest BCUT2D eigenvalue weighted by Crippen LogP contribution is -2.10. The number of benzene rings is 1. The first-order valence-electron chi connectivity index (χ1n) is 4.93. The van der Waals surface area contributed by atoms with Gasteiger partial charge in [-0.3, -0.25) is 0 Å². The minimum absolute atomic E-state index is 0.253. The number of rotatable bonds is 3. The highest BCUT2D eigenvalue weighted by Crippen LogP contribution is 2.14. The average molecular weight is 219 g/mol. The summed E-state index contributed by atoms with van der Waals surface area (Å²) in [6.45, 7) is 0. The number of phenols is 1. The van der Waals surface area contributed by atoms with Crippen LogP contribution in [0.15, 0.2) is 28.8 Å². The van der Waals surface area contributed by atoms with E-state index < -0.39 is 0 Å². The Labute approximate surface area is 93.3 Å². The van der Waals surface area contributed by atoms with Gasteiger partial charge in [0, 0.05) is 14.1 Å². The highest BCUT2D eigenvalue weighted by atomic mass is 16.5. The van der Waals surface area contributed by atoms with Crippen molar-refractivity contribution < 1.29 is 9.63 Å². The molecule has 0 atom stereocenters. The minimum atomic E-state index is 0.253. The van der Waals surface area contributed by atoms with E-state index in [1.807, 2.05) is 26.2 Å². The van der Waals surface area contributed by atoms with Crippen molar-refractivity contribution >= 4 is 5.95 Å². The Morgan fingerprint density at radius 2 is 1.94 bits per heavy atom. The van der Waals surface area contributed by atoms with Gasteiger partial charge >= 0.3 is 0 Å². The Bertz CT molecular complexity index is 462. The molecule has 0 saturated carbocycles. The monoisotopic (exact) mass is 219 g/mol. The first-order chi connectivity index (χ1) is 7.65. The maximum atomic E-state index is 9.14. The number of hydrogen-bond donors (Lipinski definition) is 1. The molecule has 2 aromatic rings. The Morgan fingerprint density at radius 1 is 1.25 bits per heavy atom. The first kappa shape index (κ1) is 10.5. The Balaban J connectivity index is 2.11. The fourth-order valence-electron chi connectivity index (χ4n) is 1.29. The van der Waals surface area contributed by atoms with E-state index in [0.717, 1.165) is 5.56 Å². The second-order valence-electron chi connectivity index (χ2n) is 3.73. The van der Waals surface area contributed by atoms with Gasteiger partial charge in [0.2, 0.25) is 5.89 Å². The van der Waals surface area contributed by atoms with Crippen molar-refractivity contribution in [3.05, 3.63) is 35.7 Å². The molecule has 0 radical (unpaired) electrons. The molecule has 84 valence electrons. The van der Waals surface area contributed by atoms with Crippen LogP contribution in [0.1, 0.15) is 11.5 Å². The van der Waals surface area contributed by atoms with Crippen LogP contribution < -0.4 is 4.90 Å². The molecule has 5 heteroatoms. The molecule has 1 N–H and O–H groups in total. The summed E-state index contributed by atoms with van der Waals surface area (Å²) >= 11 is 0. The van der Waals surface area contributed by atoms with Crippen LogP contribution in [-0.4, -0.2) is 29.3 Å². The lowest BCUT2D eigenvalue weighted by molar-refractivity contribution is 0.384. The van der Waals surface area contributed by atoms with Crippen LogP contribution in [0, 0.1) is 0 Å². The average Bonchev–Trinajstić information content (AvgIpc) is 2.70. The molecule has 0 unspecified atom stereocenters. The van der Waals surface area contributed by atoms with Crippen molar-refractivity contribution in [3.8, 4) is 5.75 Å². The van der Waals surface area contributed by atoms with E-state index >= 15 is 0 Å². The van der Waals surface area contributed by atoms with E-state index in [0.29, 0.717) is 18.3 Å². The van der Waals surface area contributed by atoms with Gasteiger partial charge in [0.15, 0.2) is 0 Å². The molecule has 0 amide bonds. The van der Waals surface area contributed by atoms with Crippen molar-refractivity contribution in [1.29, 1.82) is 0 Å². The van der Waals surface area contributed by atoms with Crippen molar-refractivity contribution in [2.24, 2.45) is 0 Å². The van der Waals surface area contributed by atoms with Gasteiger partial charge in [0.25, 0.3) is 5.95 Å². The summed E-state index contributed by atoms with van der Waals surface area (Å²) in [6, 6.07) is 6.93. The standard InChI is InChI=1S/C11H13N3O2/c1-14(2)11-12-10(16-13-11)7-8-3-5-9(15)6-4-8/h3-6,15H,7H2,1-2H3. The van der Waals surface area contributed by atoms with Gasteiger partial charge in [-0.15, -0.1) is 0 Å². The summed E-state index contributed by atoms with van der Waals surface area (Å²) in [4.78, 5) is 5.99. The van der Waals surface area contributed by atoms with E-state index in [1.165, 1.54) is 0 Å². The van der Waals surface area contributed by atoms with Gasteiger partial charge in [-0.1, -0.05) is 12.1 Å². The van der Waals surface area contributed by atoms with Crippen LogP contribution >= 0.6 is 0 Å². The molecule has 16 heavy (non-hydrogen) atoms. The quantitative estimate of drug-likeness (QED) is 0.846. The fraction of sp³-hybridized carbons (Fsp3) is 0.273. The molecule has 1 aromatic heterocycles. The molecule has 5 nitrogen and oxygen atoms in total. The van der Waals surface area contributed by atoms with Crippen LogP contribution in [0.2, 0.25) is 0 Å². The summed E-state index contributed by atoms with van der Waals surface area (Å²) in [6.07, 6.45) is 0.571. The lowest BCUT2D eigenvalue weighted by Gasteiger charge is -2.02. The Morgan fingerprint density at radius 3 is 2.50 bits per heavy atom. The molecular formula is C11H13N3O2. The number of aromatic hydroxyl groups is 1. The van der Waals surface area contributed by atoms with Crippen molar-refractivity contribution in [2.45, 2.75) is 6.42 Å². The zero-order chi connectivity index (χ0) is 11.5. The largest absolute Gasteiger partial charge is 0.508 e. The van der Waals surface area contributed by atoms with E-state index in [1.54, 1.807) is 17.0 Å². The molecular weight excluding hydrogens is 206 g/mol. The third kappa shape index (κ3) is 2.31. The first-order valence-corrected chi connectivity index (χ1v) is 4.93. The number of aromatic nitrogens is 2. The van der Waals surface area contributed by atoms with Gasteiger partial charge in [-0.05, 0) is 22.9 Å². The molecule has 0 bridgehead atoms. The van der Waals surface area contributed by atoms with Crippen LogP contribution in [0.3, 0.4) is 0 Å². The number of nitrogens with zero attached hydrogens (tertiary/aromatic N) is 3. The van der Waals surface area contributed by atoms with Crippen LogP contribution in [0.25, 0.3) is 0 Å². The number of anilines is 1. The number of hydrogen-bond acceptors (Lipinski definition) is 5. The van der Waals surface area contributed by atoms with E-state index in [-0.39, 0.29) is 5.75 Å². The van der Waals surface area contributed by atoms with Crippen molar-refractivity contribution in [3.63, 3.8) is 0 Å². The third-order valence-corrected chi connectivity index (χ3v) is 2.15. The maximum absolute atomic E-state index is 9.14. The Kier molecular flexibility index (Phi) is 2.76. The van der Waals surface area contributed by atoms with E-state index in [9.17, 15) is 0 Å². The van der Waals surface area contributed by atoms with Gasteiger partial charge in [0.05, 0.1) is 6.42 Å². The summed E-state index contributed by atoms with van der Waals surface area (Å²) in [5, 5.41) is 13.0. The molecule has 1 aromatic carbocycles. The van der Waals surface area contributed by atoms with E-state index in [2.05, 4.69) is 10.1 Å². The second kappa shape index (κ2) is 4.22. The zero-order valence-corrected chi connectivity index (χ0v) is 9.21. The van der Waals surface area contributed by atoms with Crippen LogP contribution in [0.4, 0.5) is 5.95 Å². The summed E-state index contributed by atoms with van der Waals surface area (Å²) in [7, 11) is 3.71. The third-order valence-electron chi connectivity index (χ3n) is 2.15. The summed E-state index contributed by atoms with van der Waals surface area (Å²) in [5.74, 6) is 1.38. The molecule has 0 aliphatic rings. The van der Waals surface area contributed by atoms with Crippen LogP contribution in [0.5, 0.6) is 5.75 Å². The maximum Gasteiger partial charge on any atom is 0.265 e. The molecule has 0 aliphatic carbocycles. The second-order valence-corrected chi connectivity index (χ2v) is 3.73. The van der Waals surface area contributed by atoms with Gasteiger partial charge < -0.3 is 14.5 Å². The highest BCUT2D eigenvalue weighted by Gasteiger charge is 2.08. The molecule has 0 aliphatic heterocycles. The molecule has 1 heterocycles. The van der Waals surface area contributed by atoms with Crippen LogP contribution in [-0.2, 0) is 6.42 Å². The van der Waals surface area contributed by atoms with Gasteiger partial charge in [-0.25, -0.2) is 0 Å². The summed E-state index contributed by atoms with van der Waals surface area (Å²) in [5.41, 5.74) is 1.02. The lowest BCUT2D eigenvalue weighted by atomic mass is 10.1. The summed E-state index contributed by atoms with van der Waals surface area (Å²) < 4.78 is 5.09. The predicted octanol–water partition coefficient (Wildman–Crippen LogP) is 1.43.